The number of halogens is 3. The molecule has 0 spiro atoms. The third-order valence-corrected chi connectivity index (χ3v) is 6.64. The van der Waals surface area contributed by atoms with Gasteiger partial charge in [-0.1, -0.05) is 0 Å². The monoisotopic (exact) mass is 483 g/mol. The zero-order valence-corrected chi connectivity index (χ0v) is 19.3. The van der Waals surface area contributed by atoms with Gasteiger partial charge in [-0.3, -0.25) is 4.79 Å². The van der Waals surface area contributed by atoms with Crippen LogP contribution < -0.4 is 4.74 Å². The first-order valence-electron chi connectivity index (χ1n) is 11.4. The van der Waals surface area contributed by atoms with Gasteiger partial charge in [-0.05, 0) is 62.3 Å². The average Bonchev–Trinajstić information content (AvgIpc) is 3.60. The molecule has 0 N–H and O–H groups in total. The lowest BCUT2D eigenvalue weighted by atomic mass is 10.0. The SMILES string of the molecule is Cc1ccc(-c2ncccn2)c(C(=O)N2CC3CC3CC2COc2cc(C)c(C(F)(F)F)cn2)n1. The molecule has 3 unspecified atom stereocenters. The maximum absolute atomic E-state index is 13.8. The Kier molecular flexibility index (Phi) is 5.90. The highest BCUT2D eigenvalue weighted by atomic mass is 19.4. The number of ether oxygens (including phenoxy) is 1. The van der Waals surface area contributed by atoms with Crippen molar-refractivity contribution in [2.75, 3.05) is 13.2 Å². The van der Waals surface area contributed by atoms with E-state index < -0.39 is 11.7 Å². The molecule has 1 saturated heterocycles. The first-order chi connectivity index (χ1) is 16.7. The lowest BCUT2D eigenvalue weighted by molar-refractivity contribution is -0.138. The van der Waals surface area contributed by atoms with Crippen LogP contribution in [0.25, 0.3) is 11.4 Å². The maximum Gasteiger partial charge on any atom is 0.418 e. The largest absolute Gasteiger partial charge is 0.475 e. The number of likely N-dealkylation sites (tertiary alicyclic amines) is 1. The van der Waals surface area contributed by atoms with Crippen LogP contribution in [0.4, 0.5) is 13.2 Å². The molecule has 3 aromatic rings. The molecular weight excluding hydrogens is 459 g/mol. The average molecular weight is 483 g/mol. The van der Waals surface area contributed by atoms with Crippen molar-refractivity contribution >= 4 is 5.91 Å². The van der Waals surface area contributed by atoms with Crippen LogP contribution in [-0.2, 0) is 6.18 Å². The number of aromatic nitrogens is 4. The van der Waals surface area contributed by atoms with Gasteiger partial charge in [0.25, 0.3) is 5.91 Å². The Labute approximate surface area is 200 Å². The Bertz CT molecular complexity index is 1250. The normalized spacial score (nSPS) is 21.4. The van der Waals surface area contributed by atoms with E-state index in [0.29, 0.717) is 35.5 Å². The van der Waals surface area contributed by atoms with Gasteiger partial charge in [0, 0.05) is 36.9 Å². The number of hydrogen-bond acceptors (Lipinski definition) is 6. The molecule has 2 aliphatic rings. The summed E-state index contributed by atoms with van der Waals surface area (Å²) < 4.78 is 44.9. The second kappa shape index (κ2) is 8.90. The summed E-state index contributed by atoms with van der Waals surface area (Å²) in [5.41, 5.74) is 0.785. The number of carbonyl (C=O) groups is 1. The van der Waals surface area contributed by atoms with Gasteiger partial charge in [-0.15, -0.1) is 0 Å². The highest BCUT2D eigenvalue weighted by Crippen LogP contribution is 2.47. The minimum absolute atomic E-state index is 0.0396. The van der Waals surface area contributed by atoms with Gasteiger partial charge in [-0.2, -0.15) is 13.2 Å². The van der Waals surface area contributed by atoms with Crippen molar-refractivity contribution < 1.29 is 22.7 Å². The highest BCUT2D eigenvalue weighted by Gasteiger charge is 2.48. The third-order valence-electron chi connectivity index (χ3n) is 6.64. The van der Waals surface area contributed by atoms with Crippen LogP contribution in [0.3, 0.4) is 0 Å². The fourth-order valence-electron chi connectivity index (χ4n) is 4.67. The number of rotatable bonds is 5. The van der Waals surface area contributed by atoms with Gasteiger partial charge in [0.2, 0.25) is 5.88 Å². The van der Waals surface area contributed by atoms with Crippen molar-refractivity contribution in [1.82, 2.24) is 24.8 Å². The number of nitrogens with zero attached hydrogens (tertiary/aromatic N) is 5. The zero-order chi connectivity index (χ0) is 24.7. The molecule has 2 fully saturated rings. The summed E-state index contributed by atoms with van der Waals surface area (Å²) in [4.78, 5) is 32.5. The summed E-state index contributed by atoms with van der Waals surface area (Å²) in [6.45, 7) is 3.91. The molecule has 5 rings (SSSR count). The van der Waals surface area contributed by atoms with E-state index in [9.17, 15) is 18.0 Å². The standard InChI is InChI=1S/C25H24F3N5O2/c1-14-8-21(31-11-20(14)25(26,27)28)35-13-18-10-16-9-17(16)12-33(18)24(34)22-19(5-4-15(2)32-22)23-29-6-3-7-30-23/h3-8,11,16-18H,9-10,12-13H2,1-2H3. The molecular formula is C25H24F3N5O2. The van der Waals surface area contributed by atoms with E-state index in [0.717, 1.165) is 19.0 Å². The number of fused-ring (bicyclic) bond motifs is 1. The van der Waals surface area contributed by atoms with Crippen LogP contribution in [-0.4, -0.2) is 49.9 Å². The number of aryl methyl sites for hydroxylation is 2. The number of piperidine rings is 1. The molecule has 3 atom stereocenters. The molecule has 1 aliphatic heterocycles. The molecule has 10 heteroatoms. The predicted octanol–water partition coefficient (Wildman–Crippen LogP) is 4.50. The van der Waals surface area contributed by atoms with Crippen molar-refractivity contribution in [3.8, 4) is 17.3 Å². The lowest BCUT2D eigenvalue weighted by Gasteiger charge is -2.35. The number of pyridine rings is 2. The van der Waals surface area contributed by atoms with Crippen molar-refractivity contribution in [3.63, 3.8) is 0 Å². The molecule has 0 bridgehead atoms. The second-order valence-corrected chi connectivity index (χ2v) is 9.17. The summed E-state index contributed by atoms with van der Waals surface area (Å²) in [5, 5.41) is 0. The molecule has 0 aromatic carbocycles. The Morgan fingerprint density at radius 2 is 1.89 bits per heavy atom. The molecule has 1 aliphatic carbocycles. The van der Waals surface area contributed by atoms with Crippen LogP contribution in [0.2, 0.25) is 0 Å². The van der Waals surface area contributed by atoms with Crippen LogP contribution in [0.5, 0.6) is 5.88 Å². The Hall–Kier alpha value is -3.56. The van der Waals surface area contributed by atoms with Gasteiger partial charge in [0.1, 0.15) is 12.3 Å². The zero-order valence-electron chi connectivity index (χ0n) is 19.3. The fourth-order valence-corrected chi connectivity index (χ4v) is 4.67. The smallest absolute Gasteiger partial charge is 0.418 e. The van der Waals surface area contributed by atoms with Gasteiger partial charge in [-0.25, -0.2) is 19.9 Å². The summed E-state index contributed by atoms with van der Waals surface area (Å²) in [5.74, 6) is 1.27. The quantitative estimate of drug-likeness (QED) is 0.532. The van der Waals surface area contributed by atoms with E-state index in [-0.39, 0.29) is 35.7 Å². The third kappa shape index (κ3) is 4.82. The van der Waals surface area contributed by atoms with E-state index in [1.807, 2.05) is 13.0 Å². The highest BCUT2D eigenvalue weighted by molar-refractivity contribution is 5.98. The number of amides is 1. The van der Waals surface area contributed by atoms with Crippen LogP contribution in [0.15, 0.2) is 42.9 Å². The van der Waals surface area contributed by atoms with E-state index in [1.165, 1.54) is 13.0 Å². The summed E-state index contributed by atoms with van der Waals surface area (Å²) in [6, 6.07) is 6.35. The molecule has 4 heterocycles. The van der Waals surface area contributed by atoms with Crippen molar-refractivity contribution in [2.24, 2.45) is 11.8 Å². The van der Waals surface area contributed by atoms with Crippen LogP contribution in [0.1, 0.15) is 40.2 Å². The molecule has 182 valence electrons. The Morgan fingerprint density at radius 3 is 2.60 bits per heavy atom. The van der Waals surface area contributed by atoms with E-state index in [4.69, 9.17) is 4.74 Å². The summed E-state index contributed by atoms with van der Waals surface area (Å²) in [6.07, 6.45) is 1.36. The maximum atomic E-state index is 13.8. The molecule has 0 radical (unpaired) electrons. The van der Waals surface area contributed by atoms with E-state index in [2.05, 4.69) is 19.9 Å². The van der Waals surface area contributed by atoms with Gasteiger partial charge >= 0.3 is 6.18 Å². The lowest BCUT2D eigenvalue weighted by Crippen LogP contribution is -2.48. The van der Waals surface area contributed by atoms with Gasteiger partial charge in [0.15, 0.2) is 5.82 Å². The van der Waals surface area contributed by atoms with E-state index in [1.54, 1.807) is 29.4 Å². The predicted molar refractivity (Wildman–Crippen MR) is 121 cm³/mol. The Morgan fingerprint density at radius 1 is 1.11 bits per heavy atom. The molecule has 1 saturated carbocycles. The minimum atomic E-state index is -4.47. The minimum Gasteiger partial charge on any atom is -0.475 e. The summed E-state index contributed by atoms with van der Waals surface area (Å²) in [7, 11) is 0. The first kappa shape index (κ1) is 23.2. The van der Waals surface area contributed by atoms with Gasteiger partial charge in [0.05, 0.1) is 17.2 Å². The Balaban J connectivity index is 1.38. The van der Waals surface area contributed by atoms with E-state index >= 15 is 0 Å². The molecule has 3 aromatic heterocycles. The first-order valence-corrected chi connectivity index (χ1v) is 11.4. The van der Waals surface area contributed by atoms with Crippen molar-refractivity contribution in [1.29, 1.82) is 0 Å². The second-order valence-electron chi connectivity index (χ2n) is 9.17. The number of alkyl halides is 3. The number of hydrogen-bond donors (Lipinski definition) is 0. The molecule has 35 heavy (non-hydrogen) atoms. The topological polar surface area (TPSA) is 81.1 Å². The van der Waals surface area contributed by atoms with Crippen LogP contribution >= 0.6 is 0 Å². The van der Waals surface area contributed by atoms with Crippen molar-refractivity contribution in [3.05, 3.63) is 65.4 Å². The molecule has 7 nitrogen and oxygen atoms in total. The van der Waals surface area contributed by atoms with Crippen LogP contribution in [0, 0.1) is 25.7 Å². The molecule has 1 amide bonds. The summed E-state index contributed by atoms with van der Waals surface area (Å²) >= 11 is 0. The van der Waals surface area contributed by atoms with Crippen molar-refractivity contribution in [2.45, 2.75) is 38.9 Å². The number of carbonyl (C=O) groups excluding carboxylic acids is 1. The fraction of sp³-hybridized carbons (Fsp3) is 0.400. The van der Waals surface area contributed by atoms with Gasteiger partial charge < -0.3 is 9.64 Å².